The van der Waals surface area contributed by atoms with Crippen molar-refractivity contribution in [3.8, 4) is 0 Å². The number of rotatable bonds is 1. The molecule has 0 bridgehead atoms. The average Bonchev–Trinajstić information content (AvgIpc) is 3.03. The van der Waals surface area contributed by atoms with Gasteiger partial charge in [0, 0.05) is 0 Å². The van der Waals surface area contributed by atoms with Crippen molar-refractivity contribution >= 4 is 11.0 Å². The molecule has 0 unspecified atom stereocenters. The number of alkyl halides is 6. The van der Waals surface area contributed by atoms with E-state index in [2.05, 4.69) is 15.3 Å². The first-order valence-electron chi connectivity index (χ1n) is 6.57. The number of halogens is 6. The molecule has 3 nitrogen and oxygen atoms in total. The summed E-state index contributed by atoms with van der Waals surface area (Å²) in [5.74, 6) is 0.234. The lowest BCUT2D eigenvalue weighted by molar-refractivity contribution is -0.142. The van der Waals surface area contributed by atoms with Gasteiger partial charge in [0.2, 0.25) is 0 Å². The maximum atomic E-state index is 13.0. The Balaban J connectivity index is 2.20. The molecule has 120 valence electrons. The van der Waals surface area contributed by atoms with E-state index in [9.17, 15) is 26.3 Å². The largest absolute Gasteiger partial charge is 0.418 e. The minimum Gasteiger partial charge on any atom is -0.341 e. The number of hydrogen-bond donors (Lipinski definition) is 2. The zero-order valence-electron chi connectivity index (χ0n) is 11.1. The van der Waals surface area contributed by atoms with E-state index in [1.807, 2.05) is 0 Å². The summed E-state index contributed by atoms with van der Waals surface area (Å²) in [5, 5.41) is 3.04. The number of nitrogens with zero attached hydrogens (tertiary/aromatic N) is 1. The molecule has 1 aliphatic rings. The number of aromatic nitrogens is 2. The van der Waals surface area contributed by atoms with Gasteiger partial charge in [0.05, 0.1) is 22.7 Å². The molecule has 22 heavy (non-hydrogen) atoms. The van der Waals surface area contributed by atoms with E-state index >= 15 is 0 Å². The lowest BCUT2D eigenvalue weighted by atomic mass is 10.1. The first kappa shape index (κ1) is 15.1. The Morgan fingerprint density at radius 2 is 1.77 bits per heavy atom. The van der Waals surface area contributed by atoms with E-state index in [0.29, 0.717) is 19.0 Å². The van der Waals surface area contributed by atoms with Crippen molar-refractivity contribution in [2.24, 2.45) is 0 Å². The van der Waals surface area contributed by atoms with Crippen LogP contribution >= 0.6 is 0 Å². The van der Waals surface area contributed by atoms with Crippen molar-refractivity contribution in [1.29, 1.82) is 0 Å². The van der Waals surface area contributed by atoms with Crippen LogP contribution in [-0.2, 0) is 12.4 Å². The summed E-state index contributed by atoms with van der Waals surface area (Å²) in [7, 11) is 0. The fourth-order valence-corrected chi connectivity index (χ4v) is 2.60. The molecule has 1 atom stereocenters. The SMILES string of the molecule is FC(F)(F)c1cc(C(F)(F)F)c2nc([C@@H]3CCCN3)[nH]c2c1. The third-order valence-corrected chi connectivity index (χ3v) is 3.63. The summed E-state index contributed by atoms with van der Waals surface area (Å²) < 4.78 is 77.4. The summed E-state index contributed by atoms with van der Waals surface area (Å²) in [5.41, 5.74) is -3.46. The Labute approximate surface area is 120 Å². The summed E-state index contributed by atoms with van der Waals surface area (Å²) >= 11 is 0. The highest BCUT2D eigenvalue weighted by molar-refractivity contribution is 5.80. The van der Waals surface area contributed by atoms with Crippen LogP contribution in [0.15, 0.2) is 12.1 Å². The van der Waals surface area contributed by atoms with Crippen LogP contribution < -0.4 is 5.32 Å². The molecule has 2 N–H and O–H groups in total. The smallest absolute Gasteiger partial charge is 0.341 e. The number of imidazole rings is 1. The zero-order valence-corrected chi connectivity index (χ0v) is 11.1. The normalized spacial score (nSPS) is 20.0. The van der Waals surface area contributed by atoms with Crippen LogP contribution in [0, 0.1) is 0 Å². The number of aromatic amines is 1. The topological polar surface area (TPSA) is 40.7 Å². The Morgan fingerprint density at radius 3 is 2.32 bits per heavy atom. The van der Waals surface area contributed by atoms with E-state index in [4.69, 9.17) is 0 Å². The predicted octanol–water partition coefficient (Wildman–Crippen LogP) is 4.03. The lowest BCUT2D eigenvalue weighted by Gasteiger charge is -2.11. The minimum absolute atomic E-state index is 0.106. The fraction of sp³-hybridized carbons (Fsp3) is 0.462. The molecule has 1 aliphatic heterocycles. The molecule has 0 radical (unpaired) electrons. The highest BCUT2D eigenvalue weighted by Crippen LogP contribution is 2.39. The average molecular weight is 323 g/mol. The van der Waals surface area contributed by atoms with Crippen LogP contribution in [0.4, 0.5) is 26.3 Å². The van der Waals surface area contributed by atoms with Crippen molar-refractivity contribution in [3.63, 3.8) is 0 Å². The first-order chi connectivity index (χ1) is 10.2. The van der Waals surface area contributed by atoms with Gasteiger partial charge in [-0.1, -0.05) is 0 Å². The van der Waals surface area contributed by atoms with Gasteiger partial charge < -0.3 is 10.3 Å². The van der Waals surface area contributed by atoms with Gasteiger partial charge >= 0.3 is 12.4 Å². The van der Waals surface area contributed by atoms with Crippen molar-refractivity contribution in [1.82, 2.24) is 15.3 Å². The highest BCUT2D eigenvalue weighted by atomic mass is 19.4. The Kier molecular flexibility index (Phi) is 3.35. The monoisotopic (exact) mass is 323 g/mol. The van der Waals surface area contributed by atoms with Crippen LogP contribution in [0.25, 0.3) is 11.0 Å². The highest BCUT2D eigenvalue weighted by Gasteiger charge is 2.39. The third-order valence-electron chi connectivity index (χ3n) is 3.63. The molecule has 3 rings (SSSR count). The molecule has 1 saturated heterocycles. The van der Waals surface area contributed by atoms with E-state index in [0.717, 1.165) is 6.42 Å². The van der Waals surface area contributed by atoms with E-state index in [1.165, 1.54) is 0 Å². The summed E-state index contributed by atoms with van der Waals surface area (Å²) in [6.45, 7) is 0.696. The molecular formula is C13H11F6N3. The molecule has 2 heterocycles. The number of H-pyrrole nitrogens is 1. The molecular weight excluding hydrogens is 312 g/mol. The molecule has 0 aliphatic carbocycles. The van der Waals surface area contributed by atoms with Gasteiger partial charge in [0.15, 0.2) is 0 Å². The van der Waals surface area contributed by atoms with Crippen molar-refractivity contribution in [3.05, 3.63) is 29.1 Å². The standard InChI is InChI=1S/C13H11F6N3/c14-12(15,16)6-4-7(13(17,18)19)10-9(5-6)21-11(22-10)8-2-1-3-20-8/h4-5,8,20H,1-3H2,(H,21,22)/t8-/m0/s1. The molecule has 1 aromatic carbocycles. The molecule has 0 amide bonds. The van der Waals surface area contributed by atoms with Crippen molar-refractivity contribution in [2.45, 2.75) is 31.2 Å². The number of benzene rings is 1. The molecule has 1 aromatic heterocycles. The maximum absolute atomic E-state index is 13.0. The number of fused-ring (bicyclic) bond motifs is 1. The summed E-state index contributed by atoms with van der Waals surface area (Å²) in [6.07, 6.45) is -8.25. The Morgan fingerprint density at radius 1 is 1.05 bits per heavy atom. The van der Waals surface area contributed by atoms with Gasteiger partial charge in [0.25, 0.3) is 0 Å². The second kappa shape index (κ2) is 4.87. The van der Waals surface area contributed by atoms with Crippen LogP contribution in [0.5, 0.6) is 0 Å². The third kappa shape index (κ3) is 2.65. The maximum Gasteiger partial charge on any atom is 0.418 e. The lowest BCUT2D eigenvalue weighted by Crippen LogP contribution is -2.14. The zero-order chi connectivity index (χ0) is 16.1. The second-order valence-electron chi connectivity index (χ2n) is 5.19. The molecule has 9 heteroatoms. The van der Waals surface area contributed by atoms with Crippen molar-refractivity contribution in [2.75, 3.05) is 6.54 Å². The van der Waals surface area contributed by atoms with E-state index in [-0.39, 0.29) is 23.4 Å². The second-order valence-corrected chi connectivity index (χ2v) is 5.19. The fourth-order valence-electron chi connectivity index (χ4n) is 2.60. The molecule has 0 spiro atoms. The number of hydrogen-bond acceptors (Lipinski definition) is 2. The van der Waals surface area contributed by atoms with Gasteiger partial charge in [-0.25, -0.2) is 4.98 Å². The van der Waals surface area contributed by atoms with Gasteiger partial charge in [-0.15, -0.1) is 0 Å². The molecule has 1 fully saturated rings. The molecule has 0 saturated carbocycles. The first-order valence-corrected chi connectivity index (χ1v) is 6.57. The molecule has 2 aromatic rings. The van der Waals surface area contributed by atoms with Crippen LogP contribution in [0.1, 0.15) is 35.8 Å². The quantitative estimate of drug-likeness (QED) is 0.778. The predicted molar refractivity (Wildman–Crippen MR) is 66.1 cm³/mol. The van der Waals surface area contributed by atoms with E-state index < -0.39 is 29.0 Å². The number of nitrogens with one attached hydrogen (secondary N) is 2. The van der Waals surface area contributed by atoms with Crippen LogP contribution in [0.2, 0.25) is 0 Å². The van der Waals surface area contributed by atoms with Gasteiger partial charge in [-0.05, 0) is 31.5 Å². The Hall–Kier alpha value is -1.77. The van der Waals surface area contributed by atoms with Crippen LogP contribution in [0.3, 0.4) is 0 Å². The van der Waals surface area contributed by atoms with Gasteiger partial charge in [0.1, 0.15) is 11.3 Å². The minimum atomic E-state index is -4.91. The van der Waals surface area contributed by atoms with Gasteiger partial charge in [-0.2, -0.15) is 26.3 Å². The Bertz CT molecular complexity index is 694. The van der Waals surface area contributed by atoms with Crippen molar-refractivity contribution < 1.29 is 26.3 Å². The van der Waals surface area contributed by atoms with Gasteiger partial charge in [-0.3, -0.25) is 0 Å². The van der Waals surface area contributed by atoms with Crippen LogP contribution in [-0.4, -0.2) is 16.5 Å². The summed E-state index contributed by atoms with van der Waals surface area (Å²) in [6, 6.07) is 0.508. The van der Waals surface area contributed by atoms with E-state index in [1.54, 1.807) is 0 Å². The summed E-state index contributed by atoms with van der Waals surface area (Å²) in [4.78, 5) is 6.47.